The van der Waals surface area contributed by atoms with Crippen molar-refractivity contribution < 1.29 is 28.7 Å². The molecule has 0 aromatic heterocycles. The zero-order valence-corrected chi connectivity index (χ0v) is 16.2. The van der Waals surface area contributed by atoms with E-state index < -0.39 is 42.3 Å². The fourth-order valence-electron chi connectivity index (χ4n) is 2.74. The van der Waals surface area contributed by atoms with Crippen LogP contribution in [0.15, 0.2) is 24.3 Å². The van der Waals surface area contributed by atoms with E-state index in [1.165, 1.54) is 17.0 Å². The summed E-state index contributed by atoms with van der Waals surface area (Å²) in [6, 6.07) is 5.15. The number of ether oxygens (including phenoxy) is 1. The minimum Gasteiger partial charge on any atom is -0.454 e. The van der Waals surface area contributed by atoms with Gasteiger partial charge in [0.1, 0.15) is 6.04 Å². The molecule has 1 aromatic carbocycles. The van der Waals surface area contributed by atoms with E-state index in [0.29, 0.717) is 0 Å². The molecule has 0 unspecified atom stereocenters. The second kappa shape index (κ2) is 8.64. The van der Waals surface area contributed by atoms with Crippen LogP contribution in [0.2, 0.25) is 0 Å². The van der Waals surface area contributed by atoms with Gasteiger partial charge >= 0.3 is 5.97 Å². The molecule has 0 fully saturated rings. The highest BCUT2D eigenvalue weighted by molar-refractivity contribution is 6.22. The summed E-state index contributed by atoms with van der Waals surface area (Å²) in [6.07, 6.45) is 0. The lowest BCUT2D eigenvalue weighted by atomic mass is 10.0. The summed E-state index contributed by atoms with van der Waals surface area (Å²) >= 11 is 0. The first-order valence-corrected chi connectivity index (χ1v) is 8.75. The standard InChI is InChI=1S/C19H23N3O6/c1-11(2)16(19(27)28-10-14(23)20-9-15(24)21(3)4)22-17(25)12-7-5-6-8-13(12)18(22)26/h5-8,11,16H,9-10H2,1-4H3,(H,20,23)/t16-/m1/s1. The molecule has 4 amide bonds. The smallest absolute Gasteiger partial charge is 0.330 e. The van der Waals surface area contributed by atoms with Gasteiger partial charge in [0.15, 0.2) is 6.61 Å². The van der Waals surface area contributed by atoms with Crippen molar-refractivity contribution in [2.75, 3.05) is 27.2 Å². The van der Waals surface area contributed by atoms with Crippen LogP contribution in [0.3, 0.4) is 0 Å². The maximum absolute atomic E-state index is 12.6. The second-order valence-corrected chi connectivity index (χ2v) is 6.89. The van der Waals surface area contributed by atoms with Crippen molar-refractivity contribution in [3.8, 4) is 0 Å². The molecule has 0 bridgehead atoms. The number of carbonyl (C=O) groups is 5. The molecule has 0 saturated heterocycles. The second-order valence-electron chi connectivity index (χ2n) is 6.89. The van der Waals surface area contributed by atoms with Crippen molar-refractivity contribution >= 4 is 29.6 Å². The van der Waals surface area contributed by atoms with Crippen LogP contribution in [0.25, 0.3) is 0 Å². The van der Waals surface area contributed by atoms with Crippen LogP contribution in [0, 0.1) is 5.92 Å². The van der Waals surface area contributed by atoms with Gasteiger partial charge in [-0.25, -0.2) is 4.79 Å². The third-order valence-corrected chi connectivity index (χ3v) is 4.26. The Labute approximate surface area is 162 Å². The van der Waals surface area contributed by atoms with Gasteiger partial charge in [0, 0.05) is 14.1 Å². The van der Waals surface area contributed by atoms with E-state index in [9.17, 15) is 24.0 Å². The first-order chi connectivity index (χ1) is 13.1. The number of nitrogens with zero attached hydrogens (tertiary/aromatic N) is 2. The number of amides is 4. The molecule has 150 valence electrons. The highest BCUT2D eigenvalue weighted by atomic mass is 16.5. The summed E-state index contributed by atoms with van der Waals surface area (Å²) < 4.78 is 5.01. The predicted octanol–water partition coefficient (Wildman–Crippen LogP) is 0.0548. The maximum atomic E-state index is 12.6. The van der Waals surface area contributed by atoms with Crippen molar-refractivity contribution in [2.45, 2.75) is 19.9 Å². The molecule has 1 aromatic rings. The molecular formula is C19H23N3O6. The molecule has 9 nitrogen and oxygen atoms in total. The normalized spacial score (nSPS) is 14.0. The first-order valence-electron chi connectivity index (χ1n) is 8.75. The minimum absolute atomic E-state index is 0.227. The van der Waals surface area contributed by atoms with Gasteiger partial charge in [-0.1, -0.05) is 26.0 Å². The number of likely N-dealkylation sites (N-methyl/N-ethyl adjacent to an activating group) is 1. The average Bonchev–Trinajstić information content (AvgIpc) is 2.89. The van der Waals surface area contributed by atoms with E-state index >= 15 is 0 Å². The summed E-state index contributed by atoms with van der Waals surface area (Å²) in [4.78, 5) is 63.2. The summed E-state index contributed by atoms with van der Waals surface area (Å²) in [5.41, 5.74) is 0.455. The van der Waals surface area contributed by atoms with Crippen molar-refractivity contribution in [1.82, 2.24) is 15.1 Å². The van der Waals surface area contributed by atoms with Gasteiger partial charge in [-0.2, -0.15) is 0 Å². The van der Waals surface area contributed by atoms with Crippen LogP contribution < -0.4 is 5.32 Å². The van der Waals surface area contributed by atoms with Crippen LogP contribution in [-0.2, 0) is 19.1 Å². The van der Waals surface area contributed by atoms with E-state index in [0.717, 1.165) is 4.90 Å². The van der Waals surface area contributed by atoms with Crippen LogP contribution >= 0.6 is 0 Å². The molecule has 9 heteroatoms. The highest BCUT2D eigenvalue weighted by Gasteiger charge is 2.44. The number of benzene rings is 1. The predicted molar refractivity (Wildman–Crippen MR) is 98.2 cm³/mol. The van der Waals surface area contributed by atoms with Crippen LogP contribution in [0.5, 0.6) is 0 Å². The number of hydrogen-bond donors (Lipinski definition) is 1. The Hall–Kier alpha value is -3.23. The largest absolute Gasteiger partial charge is 0.454 e. The first kappa shape index (κ1) is 21.1. The molecule has 28 heavy (non-hydrogen) atoms. The monoisotopic (exact) mass is 389 g/mol. The van der Waals surface area contributed by atoms with Crippen LogP contribution in [-0.4, -0.2) is 72.7 Å². The van der Waals surface area contributed by atoms with Crippen molar-refractivity contribution in [3.05, 3.63) is 35.4 Å². The molecule has 1 heterocycles. The number of fused-ring (bicyclic) bond motifs is 1. The topological polar surface area (TPSA) is 113 Å². The zero-order valence-electron chi connectivity index (χ0n) is 16.2. The Morgan fingerprint density at radius 2 is 1.61 bits per heavy atom. The molecular weight excluding hydrogens is 366 g/mol. The number of carbonyl (C=O) groups excluding carboxylic acids is 5. The quantitative estimate of drug-likeness (QED) is 0.521. The molecule has 1 aliphatic rings. The summed E-state index contributed by atoms with van der Waals surface area (Å²) in [5.74, 6) is -3.40. The van der Waals surface area contributed by atoms with Crippen molar-refractivity contribution in [1.29, 1.82) is 0 Å². The molecule has 0 spiro atoms. The van der Waals surface area contributed by atoms with E-state index in [2.05, 4.69) is 5.32 Å². The lowest BCUT2D eigenvalue weighted by Gasteiger charge is -2.27. The van der Waals surface area contributed by atoms with Crippen molar-refractivity contribution in [3.63, 3.8) is 0 Å². The third-order valence-electron chi connectivity index (χ3n) is 4.26. The van der Waals surface area contributed by atoms with Gasteiger partial charge in [-0.3, -0.25) is 24.1 Å². The Balaban J connectivity index is 2.04. The minimum atomic E-state index is -1.16. The van der Waals surface area contributed by atoms with E-state index in [-0.39, 0.29) is 23.6 Å². The Bertz CT molecular complexity index is 783. The van der Waals surface area contributed by atoms with E-state index in [1.54, 1.807) is 40.1 Å². The van der Waals surface area contributed by atoms with Gasteiger partial charge in [0.05, 0.1) is 17.7 Å². The van der Waals surface area contributed by atoms with E-state index in [4.69, 9.17) is 4.74 Å². The third kappa shape index (κ3) is 4.36. The number of esters is 1. The molecule has 2 rings (SSSR count). The average molecular weight is 389 g/mol. The van der Waals surface area contributed by atoms with Crippen LogP contribution in [0.4, 0.5) is 0 Å². The van der Waals surface area contributed by atoms with E-state index in [1.807, 2.05) is 0 Å². The lowest BCUT2D eigenvalue weighted by molar-refractivity contribution is -0.153. The van der Waals surface area contributed by atoms with Crippen molar-refractivity contribution in [2.24, 2.45) is 5.92 Å². The Morgan fingerprint density at radius 1 is 1.07 bits per heavy atom. The van der Waals surface area contributed by atoms with Gasteiger partial charge in [-0.15, -0.1) is 0 Å². The Morgan fingerprint density at radius 3 is 2.07 bits per heavy atom. The summed E-state index contributed by atoms with van der Waals surface area (Å²) in [7, 11) is 3.09. The van der Waals surface area contributed by atoms with Gasteiger partial charge in [0.25, 0.3) is 17.7 Å². The summed E-state index contributed by atoms with van der Waals surface area (Å²) in [5, 5.41) is 2.33. The Kier molecular flexibility index (Phi) is 6.50. The number of nitrogens with one attached hydrogen (secondary N) is 1. The highest BCUT2D eigenvalue weighted by Crippen LogP contribution is 2.27. The van der Waals surface area contributed by atoms with Gasteiger partial charge in [0.2, 0.25) is 5.91 Å². The fourth-order valence-corrected chi connectivity index (χ4v) is 2.74. The van der Waals surface area contributed by atoms with Gasteiger partial charge < -0.3 is 15.0 Å². The maximum Gasteiger partial charge on any atom is 0.330 e. The van der Waals surface area contributed by atoms with Crippen LogP contribution in [0.1, 0.15) is 34.6 Å². The SMILES string of the molecule is CC(C)[C@H](C(=O)OCC(=O)NCC(=O)N(C)C)N1C(=O)c2ccccc2C1=O. The zero-order chi connectivity index (χ0) is 21.0. The fraction of sp³-hybridized carbons (Fsp3) is 0.421. The molecule has 1 atom stereocenters. The molecule has 0 radical (unpaired) electrons. The summed E-state index contributed by atoms with van der Waals surface area (Å²) in [6.45, 7) is 2.50. The molecule has 0 aliphatic carbocycles. The molecule has 1 N–H and O–H groups in total. The number of imide groups is 1. The lowest BCUT2D eigenvalue weighted by Crippen LogP contribution is -2.49. The molecule has 1 aliphatic heterocycles. The number of rotatable bonds is 7. The molecule has 0 saturated carbocycles. The van der Waals surface area contributed by atoms with Gasteiger partial charge in [-0.05, 0) is 18.1 Å². The number of hydrogen-bond acceptors (Lipinski definition) is 6.